The van der Waals surface area contributed by atoms with Crippen LogP contribution in [0, 0.1) is 0 Å². The fourth-order valence-electron chi connectivity index (χ4n) is 3.76. The van der Waals surface area contributed by atoms with Gasteiger partial charge in [0.05, 0.1) is 6.61 Å². The Balaban J connectivity index is 1.44. The third-order valence-electron chi connectivity index (χ3n) is 5.19. The van der Waals surface area contributed by atoms with Gasteiger partial charge in [0, 0.05) is 31.1 Å². The molecule has 2 aliphatic rings. The van der Waals surface area contributed by atoms with Crippen molar-refractivity contribution in [2.75, 3.05) is 18.5 Å². The molecule has 1 atom stereocenters. The number of likely N-dealkylation sites (tertiary alicyclic amines) is 1. The highest BCUT2D eigenvalue weighted by atomic mass is 16.5. The van der Waals surface area contributed by atoms with Crippen molar-refractivity contribution in [3.63, 3.8) is 0 Å². The fourth-order valence-corrected chi connectivity index (χ4v) is 3.76. The van der Waals surface area contributed by atoms with Crippen molar-refractivity contribution >= 4 is 17.5 Å². The van der Waals surface area contributed by atoms with Gasteiger partial charge in [-0.05, 0) is 62.3 Å². The summed E-state index contributed by atoms with van der Waals surface area (Å²) in [7, 11) is 0. The molecule has 1 N–H and O–H groups in total. The van der Waals surface area contributed by atoms with E-state index in [0.29, 0.717) is 25.5 Å². The second-order valence-electron chi connectivity index (χ2n) is 6.96. The van der Waals surface area contributed by atoms with E-state index in [2.05, 4.69) is 17.1 Å². The molecular formula is C20H28N2O3. The van der Waals surface area contributed by atoms with Gasteiger partial charge >= 0.3 is 0 Å². The minimum Gasteiger partial charge on any atom is -0.494 e. The molecule has 3 rings (SSSR count). The lowest BCUT2D eigenvalue weighted by Crippen LogP contribution is -2.43. The van der Waals surface area contributed by atoms with Crippen LogP contribution in [0.25, 0.3) is 0 Å². The molecule has 0 spiro atoms. The largest absolute Gasteiger partial charge is 0.494 e. The number of amides is 2. The molecule has 1 fully saturated rings. The highest BCUT2D eigenvalue weighted by Gasteiger charge is 2.24. The minimum atomic E-state index is 0.0720. The van der Waals surface area contributed by atoms with E-state index in [1.807, 2.05) is 18.2 Å². The van der Waals surface area contributed by atoms with Crippen LogP contribution in [0.2, 0.25) is 0 Å². The predicted molar refractivity (Wildman–Crippen MR) is 97.8 cm³/mol. The maximum atomic E-state index is 12.4. The first-order chi connectivity index (χ1) is 12.2. The first-order valence-electron chi connectivity index (χ1n) is 9.52. The first-order valence-corrected chi connectivity index (χ1v) is 9.52. The Kier molecular flexibility index (Phi) is 5.95. The number of nitrogens with one attached hydrogen (secondary N) is 1. The van der Waals surface area contributed by atoms with E-state index in [9.17, 15) is 9.59 Å². The third kappa shape index (κ3) is 4.53. The van der Waals surface area contributed by atoms with Crippen LogP contribution in [0.5, 0.6) is 5.75 Å². The molecule has 0 bridgehead atoms. The molecule has 0 aromatic heterocycles. The Hall–Kier alpha value is -2.04. The molecule has 25 heavy (non-hydrogen) atoms. The molecule has 136 valence electrons. The Bertz CT molecular complexity index is 629. The second-order valence-corrected chi connectivity index (χ2v) is 6.96. The van der Waals surface area contributed by atoms with Gasteiger partial charge in [-0.15, -0.1) is 0 Å². The summed E-state index contributed by atoms with van der Waals surface area (Å²) in [5, 5.41) is 2.87. The van der Waals surface area contributed by atoms with Gasteiger partial charge in [-0.3, -0.25) is 9.59 Å². The predicted octanol–water partition coefficient (Wildman–Crippen LogP) is 3.52. The standard InChI is InChI=1S/C20H28N2O3/c1-2-16-6-3-4-12-22(16)20(24)7-5-13-25-17-9-10-18-15(14-17)8-11-19(23)21-18/h9-10,14,16H,2-8,11-13H2,1H3,(H,21,23). The van der Waals surface area contributed by atoms with E-state index >= 15 is 0 Å². The summed E-state index contributed by atoms with van der Waals surface area (Å²) in [6.07, 6.45) is 7.13. The van der Waals surface area contributed by atoms with Crippen LogP contribution in [-0.4, -0.2) is 35.9 Å². The molecule has 5 nitrogen and oxygen atoms in total. The molecule has 0 saturated carbocycles. The summed E-state index contributed by atoms with van der Waals surface area (Å²) in [6.45, 7) is 3.62. The van der Waals surface area contributed by atoms with Crippen molar-refractivity contribution in [2.24, 2.45) is 0 Å². The normalized spacial score (nSPS) is 20.0. The molecule has 2 amide bonds. The number of nitrogens with zero attached hydrogens (tertiary/aromatic N) is 1. The number of aryl methyl sites for hydroxylation is 1. The summed E-state index contributed by atoms with van der Waals surface area (Å²) in [5.74, 6) is 1.15. The van der Waals surface area contributed by atoms with Gasteiger partial charge in [0.2, 0.25) is 11.8 Å². The number of rotatable bonds is 6. The monoisotopic (exact) mass is 344 g/mol. The lowest BCUT2D eigenvalue weighted by atomic mass is 9.99. The van der Waals surface area contributed by atoms with Gasteiger partial charge in [0.15, 0.2) is 0 Å². The van der Waals surface area contributed by atoms with Crippen molar-refractivity contribution in [2.45, 2.75) is 64.3 Å². The molecule has 2 aliphatic heterocycles. The summed E-state index contributed by atoms with van der Waals surface area (Å²) in [6, 6.07) is 6.20. The smallest absolute Gasteiger partial charge is 0.224 e. The number of fused-ring (bicyclic) bond motifs is 1. The van der Waals surface area contributed by atoms with Crippen LogP contribution in [0.15, 0.2) is 18.2 Å². The average molecular weight is 344 g/mol. The number of carbonyl (C=O) groups excluding carboxylic acids is 2. The highest BCUT2D eigenvalue weighted by Crippen LogP contribution is 2.27. The maximum Gasteiger partial charge on any atom is 0.224 e. The van der Waals surface area contributed by atoms with Crippen molar-refractivity contribution in [3.05, 3.63) is 23.8 Å². The first kappa shape index (κ1) is 17.8. The lowest BCUT2D eigenvalue weighted by molar-refractivity contribution is -0.135. The number of carbonyl (C=O) groups is 2. The SMILES string of the molecule is CCC1CCCCN1C(=O)CCCOc1ccc2c(c1)CCC(=O)N2. The number of hydrogen-bond acceptors (Lipinski definition) is 3. The van der Waals surface area contributed by atoms with Crippen LogP contribution in [0.3, 0.4) is 0 Å². The van der Waals surface area contributed by atoms with Crippen molar-refractivity contribution in [1.82, 2.24) is 4.90 Å². The quantitative estimate of drug-likeness (QED) is 0.803. The molecule has 2 heterocycles. The Morgan fingerprint density at radius 1 is 1.32 bits per heavy atom. The van der Waals surface area contributed by atoms with Gasteiger partial charge in [-0.25, -0.2) is 0 Å². The van der Waals surface area contributed by atoms with E-state index in [0.717, 1.165) is 55.6 Å². The van der Waals surface area contributed by atoms with E-state index < -0.39 is 0 Å². The van der Waals surface area contributed by atoms with E-state index in [4.69, 9.17) is 4.74 Å². The molecule has 0 radical (unpaired) electrons. The van der Waals surface area contributed by atoms with Crippen LogP contribution < -0.4 is 10.1 Å². The Morgan fingerprint density at radius 2 is 2.20 bits per heavy atom. The Labute approximate surface area is 149 Å². The molecule has 1 unspecified atom stereocenters. The summed E-state index contributed by atoms with van der Waals surface area (Å²) in [5.41, 5.74) is 2.00. The maximum absolute atomic E-state index is 12.4. The zero-order chi connectivity index (χ0) is 17.6. The lowest BCUT2D eigenvalue weighted by Gasteiger charge is -2.35. The molecule has 0 aliphatic carbocycles. The van der Waals surface area contributed by atoms with Crippen LogP contribution in [0.1, 0.15) is 57.4 Å². The minimum absolute atomic E-state index is 0.0720. The summed E-state index contributed by atoms with van der Waals surface area (Å²) in [4.78, 5) is 25.9. The topological polar surface area (TPSA) is 58.6 Å². The van der Waals surface area contributed by atoms with Crippen molar-refractivity contribution in [1.29, 1.82) is 0 Å². The fraction of sp³-hybridized carbons (Fsp3) is 0.600. The summed E-state index contributed by atoms with van der Waals surface area (Å²) >= 11 is 0. The molecule has 1 aromatic rings. The van der Waals surface area contributed by atoms with Crippen molar-refractivity contribution in [3.8, 4) is 5.75 Å². The number of ether oxygens (including phenoxy) is 1. The van der Waals surface area contributed by atoms with E-state index in [1.165, 1.54) is 6.42 Å². The van der Waals surface area contributed by atoms with Gasteiger partial charge < -0.3 is 15.0 Å². The molecular weight excluding hydrogens is 316 g/mol. The van der Waals surface area contributed by atoms with Crippen LogP contribution >= 0.6 is 0 Å². The number of benzene rings is 1. The van der Waals surface area contributed by atoms with Gasteiger partial charge in [-0.1, -0.05) is 6.92 Å². The zero-order valence-electron chi connectivity index (χ0n) is 15.1. The van der Waals surface area contributed by atoms with Crippen molar-refractivity contribution < 1.29 is 14.3 Å². The van der Waals surface area contributed by atoms with E-state index in [-0.39, 0.29) is 11.8 Å². The molecule has 1 saturated heterocycles. The van der Waals surface area contributed by atoms with Gasteiger partial charge in [0.25, 0.3) is 0 Å². The average Bonchev–Trinajstić information content (AvgIpc) is 2.65. The highest BCUT2D eigenvalue weighted by molar-refractivity contribution is 5.94. The number of piperidine rings is 1. The molecule has 5 heteroatoms. The molecule has 1 aromatic carbocycles. The van der Waals surface area contributed by atoms with E-state index in [1.54, 1.807) is 0 Å². The third-order valence-corrected chi connectivity index (χ3v) is 5.19. The van der Waals surface area contributed by atoms with Crippen LogP contribution in [-0.2, 0) is 16.0 Å². The second kappa shape index (κ2) is 8.37. The summed E-state index contributed by atoms with van der Waals surface area (Å²) < 4.78 is 5.81. The number of hydrogen-bond donors (Lipinski definition) is 1. The Morgan fingerprint density at radius 3 is 3.04 bits per heavy atom. The number of anilines is 1. The van der Waals surface area contributed by atoms with Gasteiger partial charge in [-0.2, -0.15) is 0 Å². The van der Waals surface area contributed by atoms with Gasteiger partial charge in [0.1, 0.15) is 5.75 Å². The van der Waals surface area contributed by atoms with Crippen LogP contribution in [0.4, 0.5) is 5.69 Å². The zero-order valence-corrected chi connectivity index (χ0v) is 15.1.